The zero-order valence-corrected chi connectivity index (χ0v) is 13.0. The Hall–Kier alpha value is -1.05. The first-order chi connectivity index (χ1) is 9.22. The van der Waals surface area contributed by atoms with E-state index in [1.165, 1.54) is 14.3 Å². The molecule has 0 aliphatic heterocycles. The Morgan fingerprint density at radius 3 is 2.37 bits per heavy atom. The van der Waals surface area contributed by atoms with E-state index in [-0.39, 0.29) is 15.0 Å². The average Bonchev–Trinajstić information content (AvgIpc) is 2.41. The number of aromatic nitrogens is 1. The standard InChI is InChI=1S/C15H9Cl2NSe/c16-10-1-4-12(5-2-10)19-15-7-8-18-14-9-11(17)3-6-13(14)15/h1-9H. The molecule has 0 aliphatic rings. The summed E-state index contributed by atoms with van der Waals surface area (Å²) >= 11 is 12.1. The van der Waals surface area contributed by atoms with Gasteiger partial charge in [0.15, 0.2) is 0 Å². The van der Waals surface area contributed by atoms with Gasteiger partial charge in [0, 0.05) is 0 Å². The Morgan fingerprint density at radius 2 is 1.58 bits per heavy atom. The molecule has 2 aromatic carbocycles. The number of fused-ring (bicyclic) bond motifs is 1. The molecule has 0 fully saturated rings. The van der Waals surface area contributed by atoms with Crippen LogP contribution < -0.4 is 8.92 Å². The normalized spacial score (nSPS) is 10.8. The summed E-state index contributed by atoms with van der Waals surface area (Å²) < 4.78 is 2.59. The molecule has 1 nitrogen and oxygen atoms in total. The topological polar surface area (TPSA) is 12.9 Å². The van der Waals surface area contributed by atoms with Crippen LogP contribution in [0.2, 0.25) is 10.0 Å². The third kappa shape index (κ3) is 2.93. The zero-order valence-electron chi connectivity index (χ0n) is 9.81. The quantitative estimate of drug-likeness (QED) is 0.645. The van der Waals surface area contributed by atoms with Gasteiger partial charge in [-0.25, -0.2) is 0 Å². The fraction of sp³-hybridized carbons (Fsp3) is 0. The second-order valence-corrected chi connectivity index (χ2v) is 7.24. The summed E-state index contributed by atoms with van der Waals surface area (Å²) in [5.74, 6) is 0. The van der Waals surface area contributed by atoms with Crippen LogP contribution in [0.25, 0.3) is 10.9 Å². The van der Waals surface area contributed by atoms with Crippen molar-refractivity contribution in [3.05, 3.63) is 64.8 Å². The second kappa shape index (κ2) is 5.52. The number of hydrogen-bond acceptors (Lipinski definition) is 1. The van der Waals surface area contributed by atoms with Crippen molar-refractivity contribution in [3.8, 4) is 0 Å². The van der Waals surface area contributed by atoms with Gasteiger partial charge in [-0.05, 0) is 0 Å². The number of halogens is 2. The number of rotatable bonds is 2. The molecule has 94 valence electrons. The van der Waals surface area contributed by atoms with Crippen LogP contribution in [0.3, 0.4) is 0 Å². The minimum absolute atomic E-state index is 0.236. The molecule has 0 N–H and O–H groups in total. The number of pyridine rings is 1. The molecule has 0 saturated carbocycles. The number of nitrogens with zero attached hydrogens (tertiary/aromatic N) is 1. The zero-order chi connectivity index (χ0) is 13.2. The van der Waals surface area contributed by atoms with Gasteiger partial charge >= 0.3 is 128 Å². The van der Waals surface area contributed by atoms with Crippen LogP contribution in [-0.2, 0) is 0 Å². The van der Waals surface area contributed by atoms with Crippen molar-refractivity contribution < 1.29 is 0 Å². The summed E-state index contributed by atoms with van der Waals surface area (Å²) in [6.45, 7) is 0. The van der Waals surface area contributed by atoms with E-state index in [0.29, 0.717) is 0 Å². The molecular weight excluding hydrogens is 344 g/mol. The molecule has 0 atom stereocenters. The van der Waals surface area contributed by atoms with Crippen molar-refractivity contribution in [3.63, 3.8) is 0 Å². The number of benzene rings is 2. The Kier molecular flexibility index (Phi) is 3.76. The van der Waals surface area contributed by atoms with E-state index in [2.05, 4.69) is 23.2 Å². The van der Waals surface area contributed by atoms with Crippen molar-refractivity contribution in [1.82, 2.24) is 4.98 Å². The van der Waals surface area contributed by atoms with Crippen LogP contribution in [-0.4, -0.2) is 19.9 Å². The van der Waals surface area contributed by atoms with E-state index in [4.69, 9.17) is 23.2 Å². The number of hydrogen-bond donors (Lipinski definition) is 0. The Bertz CT molecular complexity index is 726. The Balaban J connectivity index is 2.03. The predicted octanol–water partition coefficient (Wildman–Crippen LogP) is 3.20. The van der Waals surface area contributed by atoms with Crippen LogP contribution in [0.5, 0.6) is 0 Å². The maximum absolute atomic E-state index is 6.00. The molecule has 0 bridgehead atoms. The predicted molar refractivity (Wildman–Crippen MR) is 83.2 cm³/mol. The van der Waals surface area contributed by atoms with Crippen molar-refractivity contribution in [2.45, 2.75) is 0 Å². The fourth-order valence-electron chi connectivity index (χ4n) is 1.81. The molecular formula is C15H9Cl2NSe. The van der Waals surface area contributed by atoms with Crippen LogP contribution in [0, 0.1) is 0 Å². The van der Waals surface area contributed by atoms with Gasteiger partial charge in [0.05, 0.1) is 0 Å². The molecule has 0 unspecified atom stereocenters. The van der Waals surface area contributed by atoms with Crippen LogP contribution in [0.1, 0.15) is 0 Å². The molecule has 0 radical (unpaired) electrons. The molecule has 3 aromatic rings. The van der Waals surface area contributed by atoms with Crippen molar-refractivity contribution in [1.29, 1.82) is 0 Å². The average molecular weight is 353 g/mol. The maximum atomic E-state index is 6.00. The van der Waals surface area contributed by atoms with Crippen LogP contribution in [0.4, 0.5) is 0 Å². The molecule has 1 aromatic heterocycles. The molecule has 3 rings (SSSR count). The summed E-state index contributed by atoms with van der Waals surface area (Å²) in [5.41, 5.74) is 0.945. The monoisotopic (exact) mass is 353 g/mol. The molecule has 0 saturated heterocycles. The van der Waals surface area contributed by atoms with Gasteiger partial charge in [-0.2, -0.15) is 0 Å². The first-order valence-electron chi connectivity index (χ1n) is 5.70. The van der Waals surface area contributed by atoms with Gasteiger partial charge in [0.1, 0.15) is 0 Å². The van der Waals surface area contributed by atoms with Gasteiger partial charge in [-0.15, -0.1) is 0 Å². The van der Waals surface area contributed by atoms with E-state index in [1.807, 2.05) is 36.5 Å². The summed E-state index contributed by atoms with van der Waals surface area (Å²) in [7, 11) is 0. The van der Waals surface area contributed by atoms with E-state index < -0.39 is 0 Å². The van der Waals surface area contributed by atoms with Gasteiger partial charge in [-0.3, -0.25) is 0 Å². The first kappa shape index (κ1) is 13.0. The van der Waals surface area contributed by atoms with E-state index in [9.17, 15) is 0 Å². The third-order valence-corrected chi connectivity index (χ3v) is 5.47. The van der Waals surface area contributed by atoms with E-state index >= 15 is 0 Å². The molecule has 0 amide bonds. The van der Waals surface area contributed by atoms with Gasteiger partial charge in [-0.1, -0.05) is 0 Å². The van der Waals surface area contributed by atoms with Gasteiger partial charge < -0.3 is 0 Å². The SMILES string of the molecule is Clc1ccc([Se]c2ccnc3cc(Cl)ccc23)cc1. The van der Waals surface area contributed by atoms with Crippen LogP contribution >= 0.6 is 23.2 Å². The van der Waals surface area contributed by atoms with Crippen molar-refractivity contribution in [2.75, 3.05) is 0 Å². The van der Waals surface area contributed by atoms with Crippen molar-refractivity contribution >= 4 is 58.0 Å². The fourth-order valence-corrected chi connectivity index (χ4v) is 4.07. The Morgan fingerprint density at radius 1 is 0.842 bits per heavy atom. The minimum atomic E-state index is 0.236. The summed E-state index contributed by atoms with van der Waals surface area (Å²) in [6, 6.07) is 15.9. The molecule has 4 heteroatoms. The van der Waals surface area contributed by atoms with Crippen molar-refractivity contribution in [2.24, 2.45) is 0 Å². The third-order valence-electron chi connectivity index (χ3n) is 2.71. The van der Waals surface area contributed by atoms with Gasteiger partial charge in [0.25, 0.3) is 0 Å². The Labute approximate surface area is 127 Å². The molecule has 19 heavy (non-hydrogen) atoms. The molecule has 0 spiro atoms. The molecule has 1 heterocycles. The van der Waals surface area contributed by atoms with E-state index in [1.54, 1.807) is 0 Å². The second-order valence-electron chi connectivity index (χ2n) is 4.03. The summed E-state index contributed by atoms with van der Waals surface area (Å²) in [5, 5.41) is 2.66. The van der Waals surface area contributed by atoms with Gasteiger partial charge in [0.2, 0.25) is 0 Å². The van der Waals surface area contributed by atoms with Crippen LogP contribution in [0.15, 0.2) is 54.7 Å². The molecule has 0 aliphatic carbocycles. The first-order valence-corrected chi connectivity index (χ1v) is 8.17. The van der Waals surface area contributed by atoms with E-state index in [0.717, 1.165) is 15.6 Å². The summed E-state index contributed by atoms with van der Waals surface area (Å²) in [4.78, 5) is 4.36. The summed E-state index contributed by atoms with van der Waals surface area (Å²) in [6.07, 6.45) is 1.84.